The van der Waals surface area contributed by atoms with E-state index in [1.54, 1.807) is 0 Å². The number of hydrogen-bond donors (Lipinski definition) is 1. The van der Waals surface area contributed by atoms with Gasteiger partial charge in [0.2, 0.25) is 5.91 Å². The minimum absolute atomic E-state index is 0.0933. The van der Waals surface area contributed by atoms with Gasteiger partial charge in [-0.2, -0.15) is 0 Å². The van der Waals surface area contributed by atoms with Gasteiger partial charge in [-0.05, 0) is 69.4 Å². The summed E-state index contributed by atoms with van der Waals surface area (Å²) in [4.78, 5) is 22.6. The zero-order valence-electron chi connectivity index (χ0n) is 21.0. The van der Waals surface area contributed by atoms with Crippen molar-refractivity contribution in [1.29, 1.82) is 0 Å². The molecule has 2 aliphatic heterocycles. The van der Waals surface area contributed by atoms with Crippen LogP contribution in [0.1, 0.15) is 42.6 Å². The van der Waals surface area contributed by atoms with Crippen molar-refractivity contribution in [3.05, 3.63) is 77.7 Å². The molecule has 0 radical (unpaired) electrons. The molecule has 2 aliphatic rings. The molecule has 0 bridgehead atoms. The Bertz CT molecular complexity index is 1110. The Labute approximate surface area is 209 Å². The number of piperidine rings is 2. The number of hydrogen-bond acceptors (Lipinski definition) is 4. The standard InChI is InChI=1S/C29H37N5O/c1-22-10-11-23(2)34(22)27-9-6-16-30-28(27)33-19-12-25(13-20-33)29(35)31-26-14-17-32(18-15-26)21-24-7-4-3-5-8-24/h3-11,16,25-26H,12-15,17-21H2,1-2H3,(H,31,35). The predicted octanol–water partition coefficient (Wildman–Crippen LogP) is 4.49. The molecule has 0 unspecified atom stereocenters. The van der Waals surface area contributed by atoms with Crippen LogP contribution in [0.3, 0.4) is 0 Å². The number of benzene rings is 1. The topological polar surface area (TPSA) is 53.4 Å². The zero-order valence-corrected chi connectivity index (χ0v) is 21.0. The molecule has 4 heterocycles. The first-order valence-corrected chi connectivity index (χ1v) is 13.0. The van der Waals surface area contributed by atoms with Crippen LogP contribution in [0.4, 0.5) is 5.82 Å². The number of carbonyl (C=O) groups excluding carboxylic acids is 1. The SMILES string of the molecule is Cc1ccc(C)n1-c1cccnc1N1CCC(C(=O)NC2CCN(Cc3ccccc3)CC2)CC1. The van der Waals surface area contributed by atoms with Crippen LogP contribution in [0.2, 0.25) is 0 Å². The molecule has 0 atom stereocenters. The lowest BCUT2D eigenvalue weighted by Crippen LogP contribution is -2.48. The fourth-order valence-electron chi connectivity index (χ4n) is 5.60. The van der Waals surface area contributed by atoms with E-state index in [-0.39, 0.29) is 11.8 Å². The number of pyridine rings is 1. The van der Waals surface area contributed by atoms with Crippen molar-refractivity contribution in [3.8, 4) is 5.69 Å². The highest BCUT2D eigenvalue weighted by atomic mass is 16.2. The summed E-state index contributed by atoms with van der Waals surface area (Å²) in [6, 6.07) is 19.4. The minimum atomic E-state index is 0.0933. The third kappa shape index (κ3) is 5.43. The van der Waals surface area contributed by atoms with Crippen LogP contribution in [-0.2, 0) is 11.3 Å². The van der Waals surface area contributed by atoms with Crippen molar-refractivity contribution in [2.45, 2.75) is 52.1 Å². The fraction of sp³-hybridized carbons (Fsp3) is 0.448. The highest BCUT2D eigenvalue weighted by Crippen LogP contribution is 2.29. The average Bonchev–Trinajstić information content (AvgIpc) is 3.23. The number of nitrogens with one attached hydrogen (secondary N) is 1. The molecule has 184 valence electrons. The largest absolute Gasteiger partial charge is 0.355 e. The zero-order chi connectivity index (χ0) is 24.2. The first-order chi connectivity index (χ1) is 17.1. The van der Waals surface area contributed by atoms with E-state index in [9.17, 15) is 4.79 Å². The van der Waals surface area contributed by atoms with E-state index >= 15 is 0 Å². The van der Waals surface area contributed by atoms with E-state index < -0.39 is 0 Å². The highest BCUT2D eigenvalue weighted by molar-refractivity contribution is 5.79. The second kappa shape index (κ2) is 10.6. The number of likely N-dealkylation sites (tertiary alicyclic amines) is 1. The van der Waals surface area contributed by atoms with Gasteiger partial charge < -0.3 is 14.8 Å². The Morgan fingerprint density at radius 2 is 1.57 bits per heavy atom. The summed E-state index contributed by atoms with van der Waals surface area (Å²) < 4.78 is 2.27. The van der Waals surface area contributed by atoms with Crippen LogP contribution in [0.5, 0.6) is 0 Å². The number of carbonyl (C=O) groups is 1. The number of rotatable bonds is 6. The maximum Gasteiger partial charge on any atom is 0.223 e. The van der Waals surface area contributed by atoms with E-state index in [0.29, 0.717) is 6.04 Å². The van der Waals surface area contributed by atoms with E-state index in [1.807, 2.05) is 12.3 Å². The fourth-order valence-corrected chi connectivity index (χ4v) is 5.60. The van der Waals surface area contributed by atoms with Gasteiger partial charge in [-0.25, -0.2) is 4.98 Å². The summed E-state index contributed by atoms with van der Waals surface area (Å²) in [7, 11) is 0. The molecule has 2 fully saturated rings. The van der Waals surface area contributed by atoms with Gasteiger partial charge in [-0.1, -0.05) is 30.3 Å². The number of anilines is 1. The van der Waals surface area contributed by atoms with Gasteiger partial charge in [0.05, 0.1) is 5.69 Å². The molecule has 35 heavy (non-hydrogen) atoms. The molecule has 0 spiro atoms. The number of nitrogens with zero attached hydrogens (tertiary/aromatic N) is 4. The van der Waals surface area contributed by atoms with E-state index in [2.05, 4.69) is 82.1 Å². The first-order valence-electron chi connectivity index (χ1n) is 13.0. The van der Waals surface area contributed by atoms with Gasteiger partial charge in [0.25, 0.3) is 0 Å². The smallest absolute Gasteiger partial charge is 0.223 e. The summed E-state index contributed by atoms with van der Waals surface area (Å²) in [5.41, 5.74) is 4.90. The number of aryl methyl sites for hydroxylation is 2. The molecule has 1 amide bonds. The maximum absolute atomic E-state index is 13.1. The van der Waals surface area contributed by atoms with Crippen molar-refractivity contribution in [2.24, 2.45) is 5.92 Å². The second-order valence-electron chi connectivity index (χ2n) is 10.1. The van der Waals surface area contributed by atoms with Gasteiger partial charge in [0.1, 0.15) is 0 Å². The van der Waals surface area contributed by atoms with Crippen molar-refractivity contribution >= 4 is 11.7 Å². The predicted molar refractivity (Wildman–Crippen MR) is 141 cm³/mol. The number of amides is 1. The van der Waals surface area contributed by atoms with Gasteiger partial charge in [-0.3, -0.25) is 9.69 Å². The average molecular weight is 472 g/mol. The molecule has 0 saturated carbocycles. The Balaban J connectivity index is 1.12. The summed E-state index contributed by atoms with van der Waals surface area (Å²) in [5, 5.41) is 3.37. The molecule has 6 heteroatoms. The third-order valence-corrected chi connectivity index (χ3v) is 7.63. The Morgan fingerprint density at radius 1 is 0.886 bits per heavy atom. The normalized spacial score (nSPS) is 18.1. The molecule has 2 saturated heterocycles. The molecule has 6 nitrogen and oxygen atoms in total. The second-order valence-corrected chi connectivity index (χ2v) is 10.1. The van der Waals surface area contributed by atoms with E-state index in [1.165, 1.54) is 17.0 Å². The Morgan fingerprint density at radius 3 is 2.26 bits per heavy atom. The Hall–Kier alpha value is -3.12. The summed E-state index contributed by atoms with van der Waals surface area (Å²) >= 11 is 0. The Kier molecular flexibility index (Phi) is 7.19. The van der Waals surface area contributed by atoms with Gasteiger partial charge in [0.15, 0.2) is 5.82 Å². The van der Waals surface area contributed by atoms with Crippen molar-refractivity contribution in [1.82, 2.24) is 19.8 Å². The molecule has 3 aromatic rings. The van der Waals surface area contributed by atoms with E-state index in [4.69, 9.17) is 4.98 Å². The van der Waals surface area contributed by atoms with Gasteiger partial charge in [0, 0.05) is 62.3 Å². The summed E-state index contributed by atoms with van der Waals surface area (Å²) in [5.74, 6) is 1.35. The van der Waals surface area contributed by atoms with Crippen LogP contribution < -0.4 is 10.2 Å². The minimum Gasteiger partial charge on any atom is -0.355 e. The molecular formula is C29H37N5O. The summed E-state index contributed by atoms with van der Waals surface area (Å²) in [6.07, 6.45) is 5.68. The monoisotopic (exact) mass is 471 g/mol. The van der Waals surface area contributed by atoms with Gasteiger partial charge >= 0.3 is 0 Å². The molecule has 5 rings (SSSR count). The molecule has 2 aromatic heterocycles. The quantitative estimate of drug-likeness (QED) is 0.576. The van der Waals surface area contributed by atoms with Crippen molar-refractivity contribution in [3.63, 3.8) is 0 Å². The molecule has 1 N–H and O–H groups in total. The van der Waals surface area contributed by atoms with Crippen LogP contribution in [0.25, 0.3) is 5.69 Å². The van der Waals surface area contributed by atoms with E-state index in [0.717, 1.165) is 69.9 Å². The highest BCUT2D eigenvalue weighted by Gasteiger charge is 2.29. The molecule has 0 aliphatic carbocycles. The molecular weight excluding hydrogens is 434 g/mol. The van der Waals surface area contributed by atoms with Crippen LogP contribution in [0, 0.1) is 19.8 Å². The lowest BCUT2D eigenvalue weighted by molar-refractivity contribution is -0.126. The third-order valence-electron chi connectivity index (χ3n) is 7.63. The number of aromatic nitrogens is 2. The lowest BCUT2D eigenvalue weighted by atomic mass is 9.94. The van der Waals surface area contributed by atoms with Gasteiger partial charge in [-0.15, -0.1) is 0 Å². The van der Waals surface area contributed by atoms with Crippen LogP contribution >= 0.6 is 0 Å². The summed E-state index contributed by atoms with van der Waals surface area (Å²) in [6.45, 7) is 9.06. The van der Waals surface area contributed by atoms with Crippen LogP contribution in [-0.4, -0.2) is 52.6 Å². The van der Waals surface area contributed by atoms with Crippen LogP contribution in [0.15, 0.2) is 60.8 Å². The van der Waals surface area contributed by atoms with Crippen molar-refractivity contribution in [2.75, 3.05) is 31.1 Å². The first kappa shape index (κ1) is 23.6. The van der Waals surface area contributed by atoms with Crippen molar-refractivity contribution < 1.29 is 4.79 Å². The molecule has 1 aromatic carbocycles. The maximum atomic E-state index is 13.1. The lowest BCUT2D eigenvalue weighted by Gasteiger charge is -2.36.